The highest BCUT2D eigenvalue weighted by Crippen LogP contribution is 2.40. The minimum atomic E-state index is -0.599. The Balaban J connectivity index is 1.77. The molecule has 0 saturated carbocycles. The van der Waals surface area contributed by atoms with Crippen molar-refractivity contribution in [2.75, 3.05) is 33.2 Å². The van der Waals surface area contributed by atoms with Crippen molar-refractivity contribution < 1.29 is 33.0 Å². The van der Waals surface area contributed by atoms with Crippen LogP contribution in [0.5, 0.6) is 17.2 Å². The van der Waals surface area contributed by atoms with E-state index in [0.29, 0.717) is 28.5 Å². The van der Waals surface area contributed by atoms with Crippen LogP contribution in [-0.4, -0.2) is 49.8 Å². The Hall–Kier alpha value is -3.53. The number of hydrogen-bond acceptors (Lipinski definition) is 7. The molecule has 1 fully saturated rings. The molecule has 1 aliphatic rings. The van der Waals surface area contributed by atoms with Gasteiger partial charge in [-0.1, -0.05) is 0 Å². The van der Waals surface area contributed by atoms with Crippen LogP contribution in [0.3, 0.4) is 0 Å². The number of ether oxygens (including phenoxy) is 3. The Labute approximate surface area is 182 Å². The summed E-state index contributed by atoms with van der Waals surface area (Å²) < 4.78 is 28.8. The van der Waals surface area contributed by atoms with Crippen molar-refractivity contribution in [3.8, 4) is 17.2 Å². The maximum atomic E-state index is 13.0. The third-order valence-corrected chi connectivity index (χ3v) is 5.20. The number of amides is 3. The molecule has 0 aromatic heterocycles. The van der Waals surface area contributed by atoms with Gasteiger partial charge in [-0.2, -0.15) is 0 Å². The van der Waals surface area contributed by atoms with E-state index in [1.807, 2.05) is 0 Å². The standard InChI is InChI=1S/C21H19FN2O6S/c1-28-15-8-12(9-16(29-2)19(15)30-3)10-17-20(26)24(21(27)31-17)11-18(25)23-14-6-4-13(22)5-7-14/h4-10H,11H2,1-3H3,(H,23,25)/b17-10-. The Morgan fingerprint density at radius 1 is 1.06 bits per heavy atom. The molecule has 162 valence electrons. The summed E-state index contributed by atoms with van der Waals surface area (Å²) in [6, 6.07) is 8.41. The minimum Gasteiger partial charge on any atom is -0.493 e. The van der Waals surface area contributed by atoms with Crippen molar-refractivity contribution in [1.82, 2.24) is 4.90 Å². The largest absolute Gasteiger partial charge is 0.493 e. The first kappa shape index (κ1) is 22.2. The third-order valence-electron chi connectivity index (χ3n) is 4.29. The fourth-order valence-electron chi connectivity index (χ4n) is 2.85. The lowest BCUT2D eigenvalue weighted by atomic mass is 10.1. The van der Waals surface area contributed by atoms with E-state index in [1.165, 1.54) is 51.7 Å². The predicted octanol–water partition coefficient (Wildman–Crippen LogP) is 3.53. The topological polar surface area (TPSA) is 94.2 Å². The molecule has 2 aromatic carbocycles. The van der Waals surface area contributed by atoms with Crippen molar-refractivity contribution in [3.63, 3.8) is 0 Å². The number of halogens is 1. The van der Waals surface area contributed by atoms with Gasteiger partial charge in [0.15, 0.2) is 11.5 Å². The third kappa shape index (κ3) is 4.97. The molecule has 0 bridgehead atoms. The summed E-state index contributed by atoms with van der Waals surface area (Å²) in [4.78, 5) is 38.2. The van der Waals surface area contributed by atoms with Gasteiger partial charge in [-0.15, -0.1) is 0 Å². The van der Waals surface area contributed by atoms with Crippen LogP contribution in [-0.2, 0) is 9.59 Å². The van der Waals surface area contributed by atoms with Crippen molar-refractivity contribution in [2.45, 2.75) is 0 Å². The summed E-state index contributed by atoms with van der Waals surface area (Å²) in [5.41, 5.74) is 0.905. The van der Waals surface area contributed by atoms with Gasteiger partial charge in [-0.05, 0) is 59.8 Å². The Kier molecular flexibility index (Phi) is 6.81. The number of carbonyl (C=O) groups excluding carboxylic acids is 3. The summed E-state index contributed by atoms with van der Waals surface area (Å²) in [5, 5.41) is 1.95. The van der Waals surface area contributed by atoms with Crippen molar-refractivity contribution in [3.05, 3.63) is 52.7 Å². The van der Waals surface area contributed by atoms with Crippen LogP contribution in [0, 0.1) is 5.82 Å². The lowest BCUT2D eigenvalue weighted by Gasteiger charge is -2.13. The van der Waals surface area contributed by atoms with Crippen LogP contribution in [0.1, 0.15) is 5.56 Å². The molecule has 0 radical (unpaired) electrons. The molecular weight excluding hydrogens is 427 g/mol. The van der Waals surface area contributed by atoms with Crippen molar-refractivity contribution in [1.29, 1.82) is 0 Å². The molecule has 0 atom stereocenters. The molecule has 1 saturated heterocycles. The maximum Gasteiger partial charge on any atom is 0.294 e. The predicted molar refractivity (Wildman–Crippen MR) is 114 cm³/mol. The number of carbonyl (C=O) groups is 3. The van der Waals surface area contributed by atoms with E-state index in [2.05, 4.69) is 5.32 Å². The number of anilines is 1. The molecule has 0 unspecified atom stereocenters. The zero-order valence-corrected chi connectivity index (χ0v) is 17.7. The zero-order chi connectivity index (χ0) is 22.5. The molecule has 8 nitrogen and oxygen atoms in total. The Morgan fingerprint density at radius 2 is 1.68 bits per heavy atom. The highest BCUT2D eigenvalue weighted by molar-refractivity contribution is 8.18. The van der Waals surface area contributed by atoms with Gasteiger partial charge < -0.3 is 19.5 Å². The highest BCUT2D eigenvalue weighted by atomic mass is 32.2. The first-order valence-electron chi connectivity index (χ1n) is 8.97. The molecule has 1 heterocycles. The summed E-state index contributed by atoms with van der Waals surface area (Å²) in [6.45, 7) is -0.464. The molecule has 0 aliphatic carbocycles. The van der Waals surface area contributed by atoms with E-state index in [0.717, 1.165) is 16.7 Å². The second-order valence-electron chi connectivity index (χ2n) is 6.28. The van der Waals surface area contributed by atoms with Gasteiger partial charge >= 0.3 is 0 Å². The van der Waals surface area contributed by atoms with Crippen LogP contribution in [0.4, 0.5) is 14.9 Å². The minimum absolute atomic E-state index is 0.147. The monoisotopic (exact) mass is 446 g/mol. The first-order valence-corrected chi connectivity index (χ1v) is 9.78. The van der Waals surface area contributed by atoms with E-state index in [4.69, 9.17) is 14.2 Å². The number of benzene rings is 2. The highest BCUT2D eigenvalue weighted by Gasteiger charge is 2.36. The van der Waals surface area contributed by atoms with Crippen molar-refractivity contribution in [2.24, 2.45) is 0 Å². The smallest absolute Gasteiger partial charge is 0.294 e. The molecule has 10 heteroatoms. The van der Waals surface area contributed by atoms with Gasteiger partial charge in [0, 0.05) is 5.69 Å². The van der Waals surface area contributed by atoms with Gasteiger partial charge in [0.25, 0.3) is 11.1 Å². The molecule has 3 rings (SSSR count). The normalized spacial score (nSPS) is 14.7. The number of imide groups is 1. The van der Waals surface area contributed by atoms with E-state index in [-0.39, 0.29) is 4.91 Å². The van der Waals surface area contributed by atoms with Crippen LogP contribution in [0.15, 0.2) is 41.3 Å². The quantitative estimate of drug-likeness (QED) is 0.651. The number of methoxy groups -OCH3 is 3. The summed E-state index contributed by atoms with van der Waals surface area (Å²) in [6.07, 6.45) is 1.51. The van der Waals surface area contributed by atoms with Gasteiger partial charge in [-0.25, -0.2) is 4.39 Å². The number of rotatable bonds is 7. The summed E-state index contributed by atoms with van der Waals surface area (Å²) in [7, 11) is 4.41. The fourth-order valence-corrected chi connectivity index (χ4v) is 3.69. The van der Waals surface area contributed by atoms with Crippen LogP contribution in [0.2, 0.25) is 0 Å². The lowest BCUT2D eigenvalue weighted by Crippen LogP contribution is -2.36. The SMILES string of the molecule is COc1cc(/C=C2\SC(=O)N(CC(=O)Nc3ccc(F)cc3)C2=O)cc(OC)c1OC. The molecule has 31 heavy (non-hydrogen) atoms. The molecule has 3 amide bonds. The van der Waals surface area contributed by atoms with E-state index >= 15 is 0 Å². The summed E-state index contributed by atoms with van der Waals surface area (Å²) >= 11 is 0.720. The molecule has 1 N–H and O–H groups in total. The van der Waals surface area contributed by atoms with Gasteiger partial charge in [0.2, 0.25) is 11.7 Å². The fraction of sp³-hybridized carbons (Fsp3) is 0.190. The van der Waals surface area contributed by atoms with Gasteiger partial charge in [0.1, 0.15) is 12.4 Å². The number of nitrogens with zero attached hydrogens (tertiary/aromatic N) is 1. The lowest BCUT2D eigenvalue weighted by molar-refractivity contribution is -0.127. The number of nitrogens with one attached hydrogen (secondary N) is 1. The van der Waals surface area contributed by atoms with Crippen LogP contribution in [0.25, 0.3) is 6.08 Å². The second kappa shape index (κ2) is 9.52. The average molecular weight is 446 g/mol. The number of hydrogen-bond donors (Lipinski definition) is 1. The first-order chi connectivity index (χ1) is 14.9. The zero-order valence-electron chi connectivity index (χ0n) is 16.9. The summed E-state index contributed by atoms with van der Waals surface area (Å²) in [5.74, 6) is -0.438. The molecule has 1 aliphatic heterocycles. The number of thioether (sulfide) groups is 1. The van der Waals surface area contributed by atoms with E-state index in [9.17, 15) is 18.8 Å². The Morgan fingerprint density at radius 3 is 2.23 bits per heavy atom. The molecule has 0 spiro atoms. The van der Waals surface area contributed by atoms with E-state index in [1.54, 1.807) is 12.1 Å². The van der Waals surface area contributed by atoms with Crippen LogP contribution >= 0.6 is 11.8 Å². The molecular formula is C21H19FN2O6S. The molecule has 2 aromatic rings. The maximum absolute atomic E-state index is 13.0. The van der Waals surface area contributed by atoms with E-state index < -0.39 is 29.4 Å². The van der Waals surface area contributed by atoms with Gasteiger partial charge in [0.05, 0.1) is 26.2 Å². The van der Waals surface area contributed by atoms with Crippen molar-refractivity contribution >= 4 is 40.6 Å². The average Bonchev–Trinajstić information content (AvgIpc) is 3.01. The van der Waals surface area contributed by atoms with Crippen LogP contribution < -0.4 is 19.5 Å². The second-order valence-corrected chi connectivity index (χ2v) is 7.27. The van der Waals surface area contributed by atoms with Gasteiger partial charge in [-0.3, -0.25) is 19.3 Å². The Bertz CT molecular complexity index is 1030.